The van der Waals surface area contributed by atoms with Gasteiger partial charge in [0.2, 0.25) is 0 Å². The normalized spacial score (nSPS) is 22.1. The van der Waals surface area contributed by atoms with E-state index < -0.39 is 0 Å². The first-order valence-corrected chi connectivity index (χ1v) is 6.19. The number of aryl methyl sites for hydroxylation is 1. The molecule has 2 aliphatic heterocycles. The summed E-state index contributed by atoms with van der Waals surface area (Å²) >= 11 is 0. The Balaban J connectivity index is 1.95. The van der Waals surface area contributed by atoms with Crippen LogP contribution in [0.5, 0.6) is 0 Å². The Kier molecular flexibility index (Phi) is 2.69. The topological polar surface area (TPSA) is 39.1 Å². The molecule has 2 aliphatic rings. The molecular formula is C12H19N3O. The van der Waals surface area contributed by atoms with Crippen LogP contribution < -0.4 is 5.32 Å². The molecule has 0 bridgehead atoms. The van der Waals surface area contributed by atoms with Gasteiger partial charge in [-0.1, -0.05) is 0 Å². The predicted octanol–water partition coefficient (Wildman–Crippen LogP) is 0.960. The van der Waals surface area contributed by atoms with Gasteiger partial charge >= 0.3 is 0 Å². The minimum atomic E-state index is 0.648. The van der Waals surface area contributed by atoms with Crippen LogP contribution in [0.25, 0.3) is 0 Å². The summed E-state index contributed by atoms with van der Waals surface area (Å²) in [4.78, 5) is 0. The zero-order valence-electron chi connectivity index (χ0n) is 9.83. The first-order chi connectivity index (χ1) is 7.86. The fourth-order valence-corrected chi connectivity index (χ4v) is 2.93. The Morgan fingerprint density at radius 2 is 2.19 bits per heavy atom. The molecule has 1 aromatic rings. The third kappa shape index (κ3) is 1.66. The van der Waals surface area contributed by atoms with Gasteiger partial charge in [0, 0.05) is 56.9 Å². The van der Waals surface area contributed by atoms with Gasteiger partial charge in [0.25, 0.3) is 0 Å². The van der Waals surface area contributed by atoms with Crippen molar-refractivity contribution in [3.05, 3.63) is 17.0 Å². The van der Waals surface area contributed by atoms with E-state index in [4.69, 9.17) is 4.74 Å². The van der Waals surface area contributed by atoms with Crippen LogP contribution in [0.15, 0.2) is 0 Å². The van der Waals surface area contributed by atoms with Crippen LogP contribution in [0.1, 0.15) is 35.7 Å². The smallest absolute Gasteiger partial charge is 0.0685 e. The molecule has 1 aromatic heterocycles. The lowest BCUT2D eigenvalue weighted by atomic mass is 9.91. The molecule has 0 spiro atoms. The molecule has 0 aliphatic carbocycles. The van der Waals surface area contributed by atoms with Gasteiger partial charge in [0.05, 0.1) is 5.69 Å². The highest BCUT2D eigenvalue weighted by Gasteiger charge is 2.26. The first kappa shape index (κ1) is 10.3. The summed E-state index contributed by atoms with van der Waals surface area (Å²) in [6.07, 6.45) is 3.37. The van der Waals surface area contributed by atoms with E-state index in [1.54, 1.807) is 0 Å². The molecule has 3 rings (SSSR count). The molecule has 1 saturated heterocycles. The van der Waals surface area contributed by atoms with Crippen LogP contribution >= 0.6 is 0 Å². The van der Waals surface area contributed by atoms with Crippen LogP contribution in [0.3, 0.4) is 0 Å². The molecule has 4 nitrogen and oxygen atoms in total. The molecule has 1 fully saturated rings. The van der Waals surface area contributed by atoms with E-state index in [2.05, 4.69) is 22.1 Å². The molecular weight excluding hydrogens is 202 g/mol. The molecule has 3 heterocycles. The monoisotopic (exact) mass is 221 g/mol. The van der Waals surface area contributed by atoms with Crippen molar-refractivity contribution in [1.82, 2.24) is 15.1 Å². The van der Waals surface area contributed by atoms with E-state index in [0.717, 1.165) is 45.6 Å². The van der Waals surface area contributed by atoms with Crippen LogP contribution in [-0.2, 0) is 24.8 Å². The molecule has 4 heteroatoms. The third-order valence-electron chi connectivity index (χ3n) is 3.73. The van der Waals surface area contributed by atoms with Crippen molar-refractivity contribution in [3.63, 3.8) is 0 Å². The van der Waals surface area contributed by atoms with Crippen LogP contribution in [0.4, 0.5) is 0 Å². The Bertz CT molecular complexity index is 380. The van der Waals surface area contributed by atoms with Gasteiger partial charge in [-0.3, -0.25) is 4.68 Å². The molecule has 0 radical (unpaired) electrons. The highest BCUT2D eigenvalue weighted by atomic mass is 16.5. The number of aromatic nitrogens is 2. The highest BCUT2D eigenvalue weighted by molar-refractivity contribution is 5.31. The molecule has 0 atom stereocenters. The van der Waals surface area contributed by atoms with Crippen molar-refractivity contribution >= 4 is 0 Å². The molecule has 0 aromatic carbocycles. The fourth-order valence-electron chi connectivity index (χ4n) is 2.93. The molecule has 16 heavy (non-hydrogen) atoms. The maximum absolute atomic E-state index is 5.44. The van der Waals surface area contributed by atoms with Gasteiger partial charge in [0.15, 0.2) is 0 Å². The maximum Gasteiger partial charge on any atom is 0.0685 e. The van der Waals surface area contributed by atoms with E-state index in [0.29, 0.717) is 5.92 Å². The Labute approximate surface area is 96.0 Å². The number of rotatable bonds is 1. The third-order valence-corrected chi connectivity index (χ3v) is 3.73. The average Bonchev–Trinajstić information content (AvgIpc) is 2.66. The molecule has 0 amide bonds. The number of hydrogen-bond donors (Lipinski definition) is 1. The second-order valence-electron chi connectivity index (χ2n) is 4.75. The lowest BCUT2D eigenvalue weighted by Crippen LogP contribution is -2.25. The van der Waals surface area contributed by atoms with E-state index in [-0.39, 0.29) is 0 Å². The zero-order valence-corrected chi connectivity index (χ0v) is 9.83. The van der Waals surface area contributed by atoms with Crippen molar-refractivity contribution in [2.75, 3.05) is 19.8 Å². The Hall–Kier alpha value is -0.870. The van der Waals surface area contributed by atoms with Gasteiger partial charge in [-0.15, -0.1) is 0 Å². The number of fused-ring (bicyclic) bond motifs is 1. The summed E-state index contributed by atoms with van der Waals surface area (Å²) in [5.41, 5.74) is 4.22. The van der Waals surface area contributed by atoms with Gasteiger partial charge in [-0.2, -0.15) is 5.10 Å². The summed E-state index contributed by atoms with van der Waals surface area (Å²) in [7, 11) is 2.09. The highest BCUT2D eigenvalue weighted by Crippen LogP contribution is 2.31. The molecule has 0 saturated carbocycles. The minimum absolute atomic E-state index is 0.648. The number of ether oxygens (including phenoxy) is 1. The average molecular weight is 221 g/mol. The molecule has 88 valence electrons. The molecule has 0 unspecified atom stereocenters. The van der Waals surface area contributed by atoms with E-state index in [1.807, 2.05) is 0 Å². The fraction of sp³-hybridized carbons (Fsp3) is 0.750. The maximum atomic E-state index is 5.44. The number of nitrogens with zero attached hydrogens (tertiary/aromatic N) is 2. The van der Waals surface area contributed by atoms with Crippen LogP contribution in [-0.4, -0.2) is 29.5 Å². The van der Waals surface area contributed by atoms with Crippen molar-refractivity contribution in [2.24, 2.45) is 7.05 Å². The second-order valence-corrected chi connectivity index (χ2v) is 4.75. The SMILES string of the molecule is Cn1nc2c(c1C1CCOCC1)CNCC2. The van der Waals surface area contributed by atoms with Gasteiger partial charge < -0.3 is 10.1 Å². The summed E-state index contributed by atoms with van der Waals surface area (Å²) in [5.74, 6) is 0.648. The van der Waals surface area contributed by atoms with Crippen LogP contribution in [0, 0.1) is 0 Å². The summed E-state index contributed by atoms with van der Waals surface area (Å²) < 4.78 is 7.54. The Morgan fingerprint density at radius 3 is 3.00 bits per heavy atom. The van der Waals surface area contributed by atoms with Crippen LogP contribution in [0.2, 0.25) is 0 Å². The van der Waals surface area contributed by atoms with E-state index in [9.17, 15) is 0 Å². The van der Waals surface area contributed by atoms with E-state index >= 15 is 0 Å². The van der Waals surface area contributed by atoms with Crippen molar-refractivity contribution in [2.45, 2.75) is 31.7 Å². The standard InChI is InChI=1S/C12H19N3O/c1-15-12(9-3-6-16-7-4-9)10-8-13-5-2-11(10)14-15/h9,13H,2-8H2,1H3. The first-order valence-electron chi connectivity index (χ1n) is 6.19. The van der Waals surface area contributed by atoms with Crippen molar-refractivity contribution in [3.8, 4) is 0 Å². The largest absolute Gasteiger partial charge is 0.381 e. The van der Waals surface area contributed by atoms with Gasteiger partial charge in [-0.05, 0) is 12.8 Å². The summed E-state index contributed by atoms with van der Waals surface area (Å²) in [5, 5.41) is 8.11. The zero-order chi connectivity index (χ0) is 11.0. The molecule has 1 N–H and O–H groups in total. The number of hydrogen-bond acceptors (Lipinski definition) is 3. The lowest BCUT2D eigenvalue weighted by molar-refractivity contribution is 0.0835. The van der Waals surface area contributed by atoms with Gasteiger partial charge in [0.1, 0.15) is 0 Å². The second kappa shape index (κ2) is 4.18. The quantitative estimate of drug-likeness (QED) is 0.767. The van der Waals surface area contributed by atoms with Gasteiger partial charge in [-0.25, -0.2) is 0 Å². The minimum Gasteiger partial charge on any atom is -0.381 e. The lowest BCUT2D eigenvalue weighted by Gasteiger charge is -2.24. The van der Waals surface area contributed by atoms with E-state index in [1.165, 1.54) is 17.0 Å². The van der Waals surface area contributed by atoms with Crippen molar-refractivity contribution in [1.29, 1.82) is 0 Å². The predicted molar refractivity (Wildman–Crippen MR) is 61.4 cm³/mol. The summed E-state index contributed by atoms with van der Waals surface area (Å²) in [6.45, 7) is 3.86. The summed E-state index contributed by atoms with van der Waals surface area (Å²) in [6, 6.07) is 0. The number of nitrogens with one attached hydrogen (secondary N) is 1. The van der Waals surface area contributed by atoms with Crippen molar-refractivity contribution < 1.29 is 4.74 Å². The Morgan fingerprint density at radius 1 is 1.38 bits per heavy atom.